The van der Waals surface area contributed by atoms with Gasteiger partial charge in [-0.25, -0.2) is 9.69 Å². The Labute approximate surface area is 176 Å². The van der Waals surface area contributed by atoms with Crippen LogP contribution in [-0.4, -0.2) is 60.6 Å². The van der Waals surface area contributed by atoms with Gasteiger partial charge in [0, 0.05) is 24.5 Å². The van der Waals surface area contributed by atoms with Crippen LogP contribution in [0, 0.1) is 5.92 Å². The summed E-state index contributed by atoms with van der Waals surface area (Å²) in [7, 11) is 0. The van der Waals surface area contributed by atoms with Gasteiger partial charge in [-0.3, -0.25) is 9.59 Å². The van der Waals surface area contributed by atoms with Crippen molar-refractivity contribution in [1.82, 2.24) is 10.2 Å². The highest BCUT2D eigenvalue weighted by atomic mass is 16.5. The first-order valence-corrected chi connectivity index (χ1v) is 10.8. The molecule has 1 aromatic carbocycles. The fraction of sp³-hybridized carbons (Fsp3) is 0.591. The fourth-order valence-electron chi connectivity index (χ4n) is 4.53. The summed E-state index contributed by atoms with van der Waals surface area (Å²) in [6, 6.07) is 6.24. The third-order valence-electron chi connectivity index (χ3n) is 6.60. The van der Waals surface area contributed by atoms with Crippen LogP contribution < -0.4 is 15.5 Å². The molecule has 162 valence electrons. The molecule has 1 atom stereocenters. The fourth-order valence-corrected chi connectivity index (χ4v) is 4.53. The smallest absolute Gasteiger partial charge is 0.325 e. The second kappa shape index (κ2) is 8.26. The molecule has 2 saturated heterocycles. The number of amides is 4. The summed E-state index contributed by atoms with van der Waals surface area (Å²) in [6.07, 6.45) is 3.06. The van der Waals surface area contributed by atoms with E-state index in [0.29, 0.717) is 37.7 Å². The molecule has 0 radical (unpaired) electrons. The first kappa shape index (κ1) is 20.7. The van der Waals surface area contributed by atoms with Gasteiger partial charge in [0.15, 0.2) is 0 Å². The number of hydrogen-bond donors (Lipinski definition) is 2. The van der Waals surface area contributed by atoms with Gasteiger partial charge < -0.3 is 20.3 Å². The van der Waals surface area contributed by atoms with Gasteiger partial charge in [-0.1, -0.05) is 6.92 Å². The lowest BCUT2D eigenvalue weighted by atomic mass is 9.77. The lowest BCUT2D eigenvalue weighted by Crippen LogP contribution is -2.51. The molecule has 1 aromatic rings. The van der Waals surface area contributed by atoms with Gasteiger partial charge in [0.05, 0.1) is 13.2 Å². The SMILES string of the molecule is CC1CCC2(CC1)NC(=O)N([C@H](C)C(=O)Nc1ccc(N3CCOCC3)cc1)C2=O. The van der Waals surface area contributed by atoms with Crippen LogP contribution in [0.2, 0.25) is 0 Å². The Hall–Kier alpha value is -2.61. The van der Waals surface area contributed by atoms with Gasteiger partial charge >= 0.3 is 6.03 Å². The molecule has 1 aliphatic carbocycles. The van der Waals surface area contributed by atoms with Crippen LogP contribution >= 0.6 is 0 Å². The van der Waals surface area contributed by atoms with Crippen molar-refractivity contribution in [3.8, 4) is 0 Å². The maximum absolute atomic E-state index is 13.1. The Bertz CT molecular complexity index is 811. The van der Waals surface area contributed by atoms with Gasteiger partial charge in [0.1, 0.15) is 11.6 Å². The highest BCUT2D eigenvalue weighted by Gasteiger charge is 2.54. The van der Waals surface area contributed by atoms with Crippen molar-refractivity contribution in [2.24, 2.45) is 5.92 Å². The van der Waals surface area contributed by atoms with Crippen LogP contribution in [0.25, 0.3) is 0 Å². The highest BCUT2D eigenvalue weighted by molar-refractivity contribution is 6.11. The van der Waals surface area contributed by atoms with Crippen LogP contribution in [0.4, 0.5) is 16.2 Å². The lowest BCUT2D eigenvalue weighted by molar-refractivity contribution is -0.137. The van der Waals surface area contributed by atoms with Crippen molar-refractivity contribution >= 4 is 29.2 Å². The van der Waals surface area contributed by atoms with Crippen molar-refractivity contribution in [1.29, 1.82) is 0 Å². The number of urea groups is 1. The minimum atomic E-state index is -0.879. The van der Waals surface area contributed by atoms with Crippen LogP contribution in [-0.2, 0) is 14.3 Å². The molecule has 3 fully saturated rings. The molecule has 0 unspecified atom stereocenters. The van der Waals surface area contributed by atoms with E-state index in [0.717, 1.165) is 36.5 Å². The number of rotatable bonds is 4. The summed E-state index contributed by atoms with van der Waals surface area (Å²) in [6.45, 7) is 6.86. The van der Waals surface area contributed by atoms with Crippen molar-refractivity contribution in [2.75, 3.05) is 36.5 Å². The Kier molecular flexibility index (Phi) is 5.69. The topological polar surface area (TPSA) is 91.0 Å². The number of imide groups is 1. The van der Waals surface area contributed by atoms with Gasteiger partial charge in [-0.2, -0.15) is 0 Å². The largest absolute Gasteiger partial charge is 0.378 e. The van der Waals surface area contributed by atoms with E-state index in [4.69, 9.17) is 4.74 Å². The molecule has 8 heteroatoms. The molecule has 0 aromatic heterocycles. The van der Waals surface area contributed by atoms with Crippen LogP contribution in [0.5, 0.6) is 0 Å². The summed E-state index contributed by atoms with van der Waals surface area (Å²) in [5, 5.41) is 5.71. The van der Waals surface area contributed by atoms with Gasteiger partial charge in [0.25, 0.3) is 5.91 Å². The van der Waals surface area contributed by atoms with Gasteiger partial charge in [-0.15, -0.1) is 0 Å². The predicted octanol–water partition coefficient (Wildman–Crippen LogP) is 2.35. The Morgan fingerprint density at radius 1 is 1.17 bits per heavy atom. The van der Waals surface area contributed by atoms with E-state index in [1.54, 1.807) is 6.92 Å². The van der Waals surface area contributed by atoms with Crippen molar-refractivity contribution in [3.63, 3.8) is 0 Å². The Balaban J connectivity index is 1.39. The standard InChI is InChI=1S/C22H30N4O4/c1-15-7-9-22(10-8-15)20(28)26(21(29)24-22)16(2)19(27)23-17-3-5-18(6-4-17)25-11-13-30-14-12-25/h3-6,15-16H,7-14H2,1-2H3,(H,23,27)(H,24,29)/t15?,16-,22?/m1/s1. The number of carbonyl (C=O) groups is 3. The van der Waals surface area contributed by atoms with Crippen LogP contribution in [0.1, 0.15) is 39.5 Å². The van der Waals surface area contributed by atoms with E-state index >= 15 is 0 Å². The molecule has 4 rings (SSSR count). The normalized spacial score (nSPS) is 27.9. The molecule has 1 saturated carbocycles. The predicted molar refractivity (Wildman–Crippen MR) is 113 cm³/mol. The first-order chi connectivity index (χ1) is 14.4. The second-order valence-electron chi connectivity index (χ2n) is 8.68. The maximum atomic E-state index is 13.1. The maximum Gasteiger partial charge on any atom is 0.325 e. The lowest BCUT2D eigenvalue weighted by Gasteiger charge is -2.34. The van der Waals surface area contributed by atoms with Gasteiger partial charge in [0.2, 0.25) is 5.91 Å². The average molecular weight is 415 g/mol. The molecule has 1 spiro atoms. The van der Waals surface area contributed by atoms with E-state index in [1.807, 2.05) is 24.3 Å². The van der Waals surface area contributed by atoms with E-state index < -0.39 is 17.6 Å². The molecule has 0 bridgehead atoms. The average Bonchev–Trinajstić information content (AvgIpc) is 3.00. The summed E-state index contributed by atoms with van der Waals surface area (Å²) in [4.78, 5) is 41.7. The second-order valence-corrected chi connectivity index (χ2v) is 8.68. The van der Waals surface area contributed by atoms with Gasteiger partial charge in [-0.05, 0) is 62.8 Å². The molecule has 2 N–H and O–H groups in total. The third kappa shape index (κ3) is 3.88. The molecule has 8 nitrogen and oxygen atoms in total. The number of anilines is 2. The molecule has 4 amide bonds. The Morgan fingerprint density at radius 2 is 1.80 bits per heavy atom. The number of benzene rings is 1. The minimum Gasteiger partial charge on any atom is -0.378 e. The van der Waals surface area contributed by atoms with E-state index in [2.05, 4.69) is 22.5 Å². The van der Waals surface area contributed by atoms with E-state index in [-0.39, 0.29) is 11.8 Å². The number of nitrogens with zero attached hydrogens (tertiary/aromatic N) is 2. The summed E-state index contributed by atoms with van der Waals surface area (Å²) in [5.41, 5.74) is 0.877. The number of carbonyl (C=O) groups excluding carboxylic acids is 3. The number of hydrogen-bond acceptors (Lipinski definition) is 5. The van der Waals surface area contributed by atoms with Crippen molar-refractivity contribution in [3.05, 3.63) is 24.3 Å². The van der Waals surface area contributed by atoms with Crippen LogP contribution in [0.3, 0.4) is 0 Å². The number of ether oxygens (including phenoxy) is 1. The molecule has 3 aliphatic rings. The van der Waals surface area contributed by atoms with Crippen molar-refractivity contribution < 1.29 is 19.1 Å². The van der Waals surface area contributed by atoms with E-state index in [1.165, 1.54) is 0 Å². The summed E-state index contributed by atoms with van der Waals surface area (Å²) in [5.74, 6) is -0.0981. The molecular formula is C22H30N4O4. The van der Waals surface area contributed by atoms with Crippen molar-refractivity contribution in [2.45, 2.75) is 51.1 Å². The number of morpholine rings is 1. The quantitative estimate of drug-likeness (QED) is 0.738. The zero-order chi connectivity index (χ0) is 21.3. The number of nitrogens with one attached hydrogen (secondary N) is 2. The first-order valence-electron chi connectivity index (χ1n) is 10.8. The zero-order valence-electron chi connectivity index (χ0n) is 17.6. The third-order valence-corrected chi connectivity index (χ3v) is 6.60. The summed E-state index contributed by atoms with van der Waals surface area (Å²) >= 11 is 0. The monoisotopic (exact) mass is 414 g/mol. The van der Waals surface area contributed by atoms with Crippen LogP contribution in [0.15, 0.2) is 24.3 Å². The minimum absolute atomic E-state index is 0.273. The molecular weight excluding hydrogens is 384 g/mol. The van der Waals surface area contributed by atoms with E-state index in [9.17, 15) is 14.4 Å². The molecule has 30 heavy (non-hydrogen) atoms. The highest BCUT2D eigenvalue weighted by Crippen LogP contribution is 2.37. The Morgan fingerprint density at radius 3 is 2.43 bits per heavy atom. The zero-order valence-corrected chi connectivity index (χ0v) is 17.6. The summed E-state index contributed by atoms with van der Waals surface area (Å²) < 4.78 is 5.37. The molecule has 2 heterocycles. The molecule has 2 aliphatic heterocycles.